The summed E-state index contributed by atoms with van der Waals surface area (Å²) in [6.45, 7) is 0. The normalized spacial score (nSPS) is 11.1. The van der Waals surface area contributed by atoms with E-state index in [4.69, 9.17) is 11.6 Å². The first-order valence-corrected chi connectivity index (χ1v) is 10.5. The van der Waals surface area contributed by atoms with Gasteiger partial charge in [-0.15, -0.1) is 0 Å². The molecule has 31 heavy (non-hydrogen) atoms. The lowest BCUT2D eigenvalue weighted by atomic mass is 10.2. The lowest BCUT2D eigenvalue weighted by molar-refractivity contribution is -0.384. The predicted molar refractivity (Wildman–Crippen MR) is 114 cm³/mol. The van der Waals surface area contributed by atoms with E-state index in [1.165, 1.54) is 31.3 Å². The van der Waals surface area contributed by atoms with Gasteiger partial charge in [-0.25, -0.2) is 12.8 Å². The molecular weight excluding hydrogens is 449 g/mol. The Morgan fingerprint density at radius 2 is 1.81 bits per heavy atom. The molecule has 3 aromatic rings. The van der Waals surface area contributed by atoms with Crippen molar-refractivity contribution >= 4 is 44.6 Å². The minimum absolute atomic E-state index is 0.0773. The molecule has 0 aliphatic heterocycles. The molecule has 3 aromatic carbocycles. The molecule has 0 unspecified atom stereocenters. The molecule has 0 aliphatic rings. The lowest BCUT2D eigenvalue weighted by Crippen LogP contribution is -2.27. The summed E-state index contributed by atoms with van der Waals surface area (Å²) in [4.78, 5) is 22.5. The van der Waals surface area contributed by atoms with Crippen LogP contribution in [0.25, 0.3) is 0 Å². The number of hydrogen-bond donors (Lipinski definition) is 1. The van der Waals surface area contributed by atoms with E-state index in [9.17, 15) is 27.7 Å². The van der Waals surface area contributed by atoms with Gasteiger partial charge in [-0.05, 0) is 42.5 Å². The summed E-state index contributed by atoms with van der Waals surface area (Å²) in [6.07, 6.45) is 0. The molecule has 0 saturated carbocycles. The van der Waals surface area contributed by atoms with Crippen molar-refractivity contribution in [2.45, 2.75) is 4.90 Å². The highest BCUT2D eigenvalue weighted by Gasteiger charge is 2.23. The predicted octanol–water partition coefficient (Wildman–Crippen LogP) is 4.46. The van der Waals surface area contributed by atoms with Crippen LogP contribution in [0.3, 0.4) is 0 Å². The van der Waals surface area contributed by atoms with Gasteiger partial charge in [0.05, 0.1) is 21.2 Å². The average molecular weight is 464 g/mol. The maximum atomic E-state index is 14.0. The van der Waals surface area contributed by atoms with Crippen LogP contribution in [0, 0.1) is 15.9 Å². The summed E-state index contributed by atoms with van der Waals surface area (Å²) in [5, 5.41) is 13.4. The molecule has 160 valence electrons. The second-order valence-electron chi connectivity index (χ2n) is 6.36. The zero-order chi connectivity index (χ0) is 22.8. The zero-order valence-electron chi connectivity index (χ0n) is 16.0. The molecule has 3 rings (SSSR count). The number of nitrogens with zero attached hydrogens (tertiary/aromatic N) is 2. The Morgan fingerprint density at radius 3 is 2.48 bits per heavy atom. The van der Waals surface area contributed by atoms with Gasteiger partial charge in [-0.2, -0.15) is 0 Å². The van der Waals surface area contributed by atoms with Crippen molar-refractivity contribution in [3.8, 4) is 0 Å². The number of nitrogens with one attached hydrogen (secondary N) is 1. The van der Waals surface area contributed by atoms with Crippen molar-refractivity contribution in [1.82, 2.24) is 0 Å². The number of benzene rings is 3. The number of nitro benzene ring substituents is 1. The molecule has 1 amide bonds. The molecule has 0 fully saturated rings. The van der Waals surface area contributed by atoms with E-state index in [1.54, 1.807) is 18.2 Å². The molecule has 0 radical (unpaired) electrons. The zero-order valence-corrected chi connectivity index (χ0v) is 17.5. The molecule has 0 spiro atoms. The molecule has 11 heteroatoms. The first kappa shape index (κ1) is 22.2. The number of carbonyl (C=O) groups is 1. The van der Waals surface area contributed by atoms with Gasteiger partial charge in [-0.1, -0.05) is 23.7 Å². The van der Waals surface area contributed by atoms with Gasteiger partial charge in [-0.3, -0.25) is 19.2 Å². The van der Waals surface area contributed by atoms with Crippen LogP contribution in [-0.4, -0.2) is 26.3 Å². The fraction of sp³-hybridized carbons (Fsp3) is 0.0500. The summed E-state index contributed by atoms with van der Waals surface area (Å²) in [5.74, 6) is -1.70. The van der Waals surface area contributed by atoms with Crippen molar-refractivity contribution in [2.24, 2.45) is 0 Å². The third-order valence-electron chi connectivity index (χ3n) is 4.34. The number of hydrogen-bond acceptors (Lipinski definition) is 5. The number of rotatable bonds is 6. The van der Waals surface area contributed by atoms with Gasteiger partial charge in [0.15, 0.2) is 0 Å². The highest BCUT2D eigenvalue weighted by atomic mass is 35.5. The van der Waals surface area contributed by atoms with Crippen LogP contribution >= 0.6 is 11.6 Å². The van der Waals surface area contributed by atoms with E-state index < -0.39 is 38.0 Å². The van der Waals surface area contributed by atoms with Gasteiger partial charge in [0.2, 0.25) is 0 Å². The number of carbonyl (C=O) groups excluding carboxylic acids is 1. The summed E-state index contributed by atoms with van der Waals surface area (Å²) in [5.41, 5.74) is -0.563. The second-order valence-corrected chi connectivity index (χ2v) is 8.76. The number of sulfonamides is 1. The quantitative estimate of drug-likeness (QED) is 0.428. The highest BCUT2D eigenvalue weighted by Crippen LogP contribution is 2.26. The van der Waals surface area contributed by atoms with Crippen LogP contribution in [0.1, 0.15) is 10.4 Å². The highest BCUT2D eigenvalue weighted by molar-refractivity contribution is 7.92. The maximum absolute atomic E-state index is 14.0. The number of anilines is 2. The first-order valence-electron chi connectivity index (χ1n) is 8.69. The number of non-ortho nitro benzene ring substituents is 1. The summed E-state index contributed by atoms with van der Waals surface area (Å²) < 4.78 is 40.9. The Balaban J connectivity index is 1.90. The minimum atomic E-state index is -4.03. The molecule has 0 saturated heterocycles. The number of nitro groups is 1. The standard InChI is InChI=1S/C20H15ClFN3O5S/c1-24(15-6-3-5-14(21)11-15)31(29,30)17-7-2-4-13(10-17)20(26)23-19-12-16(25(27)28)8-9-18(19)22/h2-12H,1H3,(H,23,26). The molecule has 8 nitrogen and oxygen atoms in total. The van der Waals surface area contributed by atoms with E-state index in [0.29, 0.717) is 10.7 Å². The van der Waals surface area contributed by atoms with Crippen molar-refractivity contribution in [2.75, 3.05) is 16.7 Å². The summed E-state index contributed by atoms with van der Waals surface area (Å²) in [7, 11) is -2.69. The molecule has 0 aromatic heterocycles. The molecule has 0 aliphatic carbocycles. The van der Waals surface area contributed by atoms with Gasteiger partial charge in [0.1, 0.15) is 5.82 Å². The molecule has 0 atom stereocenters. The van der Waals surface area contributed by atoms with E-state index >= 15 is 0 Å². The van der Waals surface area contributed by atoms with Crippen molar-refractivity contribution in [1.29, 1.82) is 0 Å². The van der Waals surface area contributed by atoms with Crippen LogP contribution in [-0.2, 0) is 10.0 Å². The SMILES string of the molecule is CN(c1cccc(Cl)c1)S(=O)(=O)c1cccc(C(=O)Nc2cc([N+](=O)[O-])ccc2F)c1. The van der Waals surface area contributed by atoms with Crippen LogP contribution in [0.5, 0.6) is 0 Å². The second kappa shape index (κ2) is 8.70. The molecule has 0 bridgehead atoms. The van der Waals surface area contributed by atoms with Crippen LogP contribution in [0.4, 0.5) is 21.5 Å². The Kier molecular flexibility index (Phi) is 6.23. The van der Waals surface area contributed by atoms with Gasteiger partial charge in [0, 0.05) is 29.8 Å². The monoisotopic (exact) mass is 463 g/mol. The van der Waals surface area contributed by atoms with Gasteiger partial charge >= 0.3 is 0 Å². The molecular formula is C20H15ClFN3O5S. The Hall–Kier alpha value is -3.50. The summed E-state index contributed by atoms with van der Waals surface area (Å²) in [6, 6.07) is 14.1. The lowest BCUT2D eigenvalue weighted by Gasteiger charge is -2.20. The molecule has 0 heterocycles. The Morgan fingerprint density at radius 1 is 1.10 bits per heavy atom. The van der Waals surface area contributed by atoms with E-state index in [0.717, 1.165) is 28.6 Å². The van der Waals surface area contributed by atoms with E-state index in [2.05, 4.69) is 5.32 Å². The van der Waals surface area contributed by atoms with Gasteiger partial charge < -0.3 is 5.32 Å². The van der Waals surface area contributed by atoms with Gasteiger partial charge in [0.25, 0.3) is 21.6 Å². The topological polar surface area (TPSA) is 110 Å². The molecule has 1 N–H and O–H groups in total. The Bertz CT molecular complexity index is 1280. The number of amides is 1. The smallest absolute Gasteiger partial charge is 0.271 e. The minimum Gasteiger partial charge on any atom is -0.319 e. The summed E-state index contributed by atoms with van der Waals surface area (Å²) >= 11 is 5.93. The number of halogens is 2. The maximum Gasteiger partial charge on any atom is 0.271 e. The fourth-order valence-corrected chi connectivity index (χ4v) is 4.10. The van der Waals surface area contributed by atoms with Crippen molar-refractivity contribution in [3.63, 3.8) is 0 Å². The van der Waals surface area contributed by atoms with E-state index in [-0.39, 0.29) is 10.5 Å². The largest absolute Gasteiger partial charge is 0.319 e. The van der Waals surface area contributed by atoms with Crippen molar-refractivity contribution in [3.05, 3.63) is 93.2 Å². The van der Waals surface area contributed by atoms with Crippen LogP contribution < -0.4 is 9.62 Å². The van der Waals surface area contributed by atoms with Crippen molar-refractivity contribution < 1.29 is 22.5 Å². The van der Waals surface area contributed by atoms with Crippen LogP contribution in [0.15, 0.2) is 71.6 Å². The van der Waals surface area contributed by atoms with Crippen LogP contribution in [0.2, 0.25) is 5.02 Å². The fourth-order valence-electron chi connectivity index (χ4n) is 2.68. The third kappa shape index (κ3) is 4.81. The first-order chi connectivity index (χ1) is 14.6. The third-order valence-corrected chi connectivity index (χ3v) is 6.35. The van der Waals surface area contributed by atoms with E-state index in [1.807, 2.05) is 0 Å². The average Bonchev–Trinajstić information content (AvgIpc) is 2.74. The Labute approximate surface area is 182 Å².